The molecule has 26 heavy (non-hydrogen) atoms. The highest BCUT2D eigenvalue weighted by molar-refractivity contribution is 6.39. The highest BCUT2D eigenvalue weighted by atomic mass is 35.5. The zero-order chi connectivity index (χ0) is 17.7. The SMILES string of the molecule is Clc1cccc(Cl)c1-c1noc(C2CC2)c1CCC1C[C@H]2CNC[C@H]2C1. The van der Waals surface area contributed by atoms with Crippen molar-refractivity contribution in [3.8, 4) is 11.3 Å². The van der Waals surface area contributed by atoms with Gasteiger partial charge in [-0.25, -0.2) is 0 Å². The molecule has 3 fully saturated rings. The summed E-state index contributed by atoms with van der Waals surface area (Å²) in [5.41, 5.74) is 2.94. The molecule has 5 heteroatoms. The van der Waals surface area contributed by atoms with Crippen molar-refractivity contribution in [2.45, 2.75) is 44.4 Å². The van der Waals surface area contributed by atoms with Gasteiger partial charge in [-0.1, -0.05) is 34.4 Å². The molecule has 1 unspecified atom stereocenters. The molecular weight excluding hydrogens is 367 g/mol. The van der Waals surface area contributed by atoms with Gasteiger partial charge in [-0.15, -0.1) is 0 Å². The Kier molecular flexibility index (Phi) is 4.50. The lowest BCUT2D eigenvalue weighted by Crippen LogP contribution is -2.12. The van der Waals surface area contributed by atoms with Crippen molar-refractivity contribution in [3.05, 3.63) is 39.6 Å². The first kappa shape index (κ1) is 17.1. The largest absolute Gasteiger partial charge is 0.360 e. The third-order valence-corrected chi connectivity index (χ3v) is 7.15. The minimum atomic E-state index is 0.541. The van der Waals surface area contributed by atoms with Crippen molar-refractivity contribution >= 4 is 23.2 Å². The average Bonchev–Trinajstić information content (AvgIpc) is 3.04. The molecule has 1 N–H and O–H groups in total. The number of benzene rings is 1. The van der Waals surface area contributed by atoms with Crippen LogP contribution in [0.5, 0.6) is 0 Å². The van der Waals surface area contributed by atoms with Gasteiger partial charge >= 0.3 is 0 Å². The Morgan fingerprint density at radius 3 is 2.42 bits per heavy atom. The molecule has 3 atom stereocenters. The normalized spacial score (nSPS) is 27.8. The molecule has 3 aliphatic rings. The molecule has 0 spiro atoms. The van der Waals surface area contributed by atoms with Crippen LogP contribution in [-0.2, 0) is 6.42 Å². The van der Waals surface area contributed by atoms with E-state index in [9.17, 15) is 0 Å². The van der Waals surface area contributed by atoms with Crippen LogP contribution < -0.4 is 5.32 Å². The standard InChI is InChI=1S/C21H24Cl2N2O/c22-17-2-1-3-18(23)19(17)20-16(21(26-25-20)13-5-6-13)7-4-12-8-14-10-24-11-15(14)9-12/h1-3,12-15,24H,4-11H2/t12?,14-,15+. The molecule has 2 aromatic rings. The summed E-state index contributed by atoms with van der Waals surface area (Å²) in [6.07, 6.45) is 7.37. The van der Waals surface area contributed by atoms with Crippen molar-refractivity contribution < 1.29 is 4.52 Å². The van der Waals surface area contributed by atoms with E-state index in [-0.39, 0.29) is 0 Å². The maximum Gasteiger partial charge on any atom is 0.143 e. The third kappa shape index (κ3) is 3.08. The van der Waals surface area contributed by atoms with E-state index in [0.717, 1.165) is 41.2 Å². The quantitative estimate of drug-likeness (QED) is 0.710. The number of halogens is 2. The van der Waals surface area contributed by atoms with Crippen LogP contribution in [0.1, 0.15) is 49.3 Å². The van der Waals surface area contributed by atoms with Gasteiger partial charge < -0.3 is 9.84 Å². The van der Waals surface area contributed by atoms with E-state index >= 15 is 0 Å². The number of rotatable bonds is 5. The van der Waals surface area contributed by atoms with E-state index < -0.39 is 0 Å². The summed E-state index contributed by atoms with van der Waals surface area (Å²) in [4.78, 5) is 0. The van der Waals surface area contributed by atoms with Crippen molar-refractivity contribution in [2.75, 3.05) is 13.1 Å². The highest BCUT2D eigenvalue weighted by Crippen LogP contribution is 2.47. The van der Waals surface area contributed by atoms with Gasteiger partial charge in [0.25, 0.3) is 0 Å². The van der Waals surface area contributed by atoms with Crippen molar-refractivity contribution in [1.29, 1.82) is 0 Å². The lowest BCUT2D eigenvalue weighted by atomic mass is 9.93. The molecule has 0 bridgehead atoms. The number of aromatic nitrogens is 1. The summed E-state index contributed by atoms with van der Waals surface area (Å²) in [7, 11) is 0. The minimum absolute atomic E-state index is 0.541. The molecule has 2 aliphatic carbocycles. The number of fused-ring (bicyclic) bond motifs is 1. The van der Waals surface area contributed by atoms with E-state index in [0.29, 0.717) is 16.0 Å². The first-order valence-electron chi connectivity index (χ1n) is 9.84. The van der Waals surface area contributed by atoms with E-state index in [1.165, 1.54) is 50.8 Å². The maximum absolute atomic E-state index is 6.46. The first-order valence-corrected chi connectivity index (χ1v) is 10.6. The lowest BCUT2D eigenvalue weighted by molar-refractivity contribution is 0.383. The van der Waals surface area contributed by atoms with Crippen molar-refractivity contribution in [3.63, 3.8) is 0 Å². The van der Waals surface area contributed by atoms with Crippen LogP contribution in [0.3, 0.4) is 0 Å². The zero-order valence-corrected chi connectivity index (χ0v) is 16.3. The molecule has 1 aromatic heterocycles. The first-order chi connectivity index (χ1) is 12.7. The molecule has 1 saturated heterocycles. The smallest absolute Gasteiger partial charge is 0.143 e. The maximum atomic E-state index is 6.46. The predicted octanol–water partition coefficient (Wildman–Crippen LogP) is 5.70. The van der Waals surface area contributed by atoms with Crippen LogP contribution in [0.15, 0.2) is 22.7 Å². The Morgan fingerprint density at radius 1 is 1.08 bits per heavy atom. The number of nitrogens with zero attached hydrogens (tertiary/aromatic N) is 1. The highest BCUT2D eigenvalue weighted by Gasteiger charge is 2.38. The Hall–Kier alpha value is -1.03. The van der Waals surface area contributed by atoms with Gasteiger partial charge in [0.1, 0.15) is 11.5 Å². The number of hydrogen-bond donors (Lipinski definition) is 1. The molecule has 138 valence electrons. The van der Waals surface area contributed by atoms with Crippen LogP contribution in [0.25, 0.3) is 11.3 Å². The second-order valence-electron chi connectivity index (χ2n) is 8.30. The fraction of sp³-hybridized carbons (Fsp3) is 0.571. The lowest BCUT2D eigenvalue weighted by Gasteiger charge is -2.12. The summed E-state index contributed by atoms with van der Waals surface area (Å²) in [6, 6.07) is 5.63. The molecule has 2 saturated carbocycles. The van der Waals surface area contributed by atoms with E-state index in [1.54, 1.807) is 0 Å². The van der Waals surface area contributed by atoms with E-state index in [2.05, 4.69) is 10.5 Å². The number of hydrogen-bond acceptors (Lipinski definition) is 3. The molecule has 5 rings (SSSR count). The van der Waals surface area contributed by atoms with Crippen molar-refractivity contribution in [2.24, 2.45) is 17.8 Å². The Balaban J connectivity index is 1.41. The third-order valence-electron chi connectivity index (χ3n) is 6.52. The second-order valence-corrected chi connectivity index (χ2v) is 9.11. The summed E-state index contributed by atoms with van der Waals surface area (Å²) in [5.74, 6) is 4.23. The van der Waals surface area contributed by atoms with Gasteiger partial charge in [0, 0.05) is 17.0 Å². The van der Waals surface area contributed by atoms with Gasteiger partial charge in [0.05, 0.1) is 10.0 Å². The zero-order valence-electron chi connectivity index (χ0n) is 14.8. The fourth-order valence-corrected chi connectivity index (χ4v) is 5.60. The van der Waals surface area contributed by atoms with Crippen LogP contribution in [0, 0.1) is 17.8 Å². The number of nitrogens with one attached hydrogen (secondary N) is 1. The topological polar surface area (TPSA) is 38.1 Å². The molecular formula is C21H24Cl2N2O. The summed E-state index contributed by atoms with van der Waals surface area (Å²) >= 11 is 12.9. The molecule has 1 aliphatic heterocycles. The van der Waals surface area contributed by atoms with Gasteiger partial charge in [0.15, 0.2) is 0 Å². The van der Waals surface area contributed by atoms with Crippen LogP contribution in [0.4, 0.5) is 0 Å². The van der Waals surface area contributed by atoms with Crippen LogP contribution in [-0.4, -0.2) is 18.2 Å². The molecule has 3 nitrogen and oxygen atoms in total. The predicted molar refractivity (Wildman–Crippen MR) is 105 cm³/mol. The molecule has 0 amide bonds. The fourth-order valence-electron chi connectivity index (χ4n) is 5.03. The molecule has 1 aromatic carbocycles. The minimum Gasteiger partial charge on any atom is -0.360 e. The van der Waals surface area contributed by atoms with Gasteiger partial charge in [-0.3, -0.25) is 0 Å². The summed E-state index contributed by atoms with van der Waals surface area (Å²) in [6.45, 7) is 2.42. The van der Waals surface area contributed by atoms with Gasteiger partial charge in [0.2, 0.25) is 0 Å². The Bertz CT molecular complexity index is 782. The van der Waals surface area contributed by atoms with Gasteiger partial charge in [-0.2, -0.15) is 0 Å². The van der Waals surface area contributed by atoms with Gasteiger partial charge in [-0.05, 0) is 81.5 Å². The average molecular weight is 391 g/mol. The molecule has 0 radical (unpaired) electrons. The monoisotopic (exact) mass is 390 g/mol. The van der Waals surface area contributed by atoms with E-state index in [1.807, 2.05) is 18.2 Å². The van der Waals surface area contributed by atoms with Crippen LogP contribution in [0.2, 0.25) is 10.0 Å². The summed E-state index contributed by atoms with van der Waals surface area (Å²) in [5, 5.41) is 9.25. The Morgan fingerprint density at radius 2 is 1.77 bits per heavy atom. The second kappa shape index (κ2) is 6.85. The van der Waals surface area contributed by atoms with Crippen LogP contribution >= 0.6 is 23.2 Å². The van der Waals surface area contributed by atoms with E-state index in [4.69, 9.17) is 27.7 Å². The Labute approximate surface area is 164 Å². The molecule has 2 heterocycles. The summed E-state index contributed by atoms with van der Waals surface area (Å²) < 4.78 is 5.80. The van der Waals surface area contributed by atoms with Crippen molar-refractivity contribution in [1.82, 2.24) is 10.5 Å².